The average Bonchev–Trinajstić information content (AvgIpc) is 2.21. The highest BCUT2D eigenvalue weighted by atomic mass is 16.4. The molecule has 0 aromatic heterocycles. The lowest BCUT2D eigenvalue weighted by molar-refractivity contribution is -0.170. The number of hydrogen-bond donors (Lipinski definition) is 2. The zero-order chi connectivity index (χ0) is 12.4. The molecule has 2 N–H and O–H groups in total. The zero-order valence-corrected chi connectivity index (χ0v) is 10.6. The molecule has 3 heteroatoms. The number of aliphatic hydroxyl groups is 1. The van der Waals surface area contributed by atoms with E-state index >= 15 is 0 Å². The Morgan fingerprint density at radius 3 is 2.25 bits per heavy atom. The van der Waals surface area contributed by atoms with Gasteiger partial charge in [0.05, 0.1) is 11.0 Å². The highest BCUT2D eigenvalue weighted by Gasteiger charge is 2.50. The van der Waals surface area contributed by atoms with Gasteiger partial charge in [0.2, 0.25) is 0 Å². The average molecular weight is 228 g/mol. The molecule has 1 rings (SSSR count). The third-order valence-electron chi connectivity index (χ3n) is 4.33. The van der Waals surface area contributed by atoms with Crippen molar-refractivity contribution in [3.63, 3.8) is 0 Å². The Labute approximate surface area is 97.9 Å². The molecule has 0 aromatic rings. The molecule has 0 atom stereocenters. The van der Waals surface area contributed by atoms with Gasteiger partial charge in [0.1, 0.15) is 0 Å². The molecule has 0 spiro atoms. The summed E-state index contributed by atoms with van der Waals surface area (Å²) in [6.45, 7) is 5.44. The first-order valence-electron chi connectivity index (χ1n) is 6.29. The smallest absolute Gasteiger partial charge is 0.312 e. The summed E-state index contributed by atoms with van der Waals surface area (Å²) in [5.74, 6) is -0.223. The quantitative estimate of drug-likeness (QED) is 0.778. The molecule has 3 nitrogen and oxygen atoms in total. The summed E-state index contributed by atoms with van der Waals surface area (Å²) in [5, 5.41) is 19.6. The lowest BCUT2D eigenvalue weighted by Gasteiger charge is -2.44. The molecule has 0 aromatic carbocycles. The van der Waals surface area contributed by atoms with E-state index in [0.29, 0.717) is 18.8 Å². The maximum Gasteiger partial charge on any atom is 0.312 e. The van der Waals surface area contributed by atoms with Crippen LogP contribution in [0.4, 0.5) is 0 Å². The first-order chi connectivity index (χ1) is 7.33. The highest BCUT2D eigenvalue weighted by Crippen LogP contribution is 2.44. The second-order valence-corrected chi connectivity index (χ2v) is 5.69. The van der Waals surface area contributed by atoms with Gasteiger partial charge in [-0.25, -0.2) is 0 Å². The Balaban J connectivity index is 2.66. The molecule has 1 aliphatic carbocycles. The maximum absolute atomic E-state index is 11.2. The van der Waals surface area contributed by atoms with E-state index in [1.54, 1.807) is 13.8 Å². The summed E-state index contributed by atoms with van der Waals surface area (Å²) in [5.41, 5.74) is -2.06. The summed E-state index contributed by atoms with van der Waals surface area (Å²) in [6.07, 6.45) is 5.53. The first kappa shape index (κ1) is 13.5. The second-order valence-electron chi connectivity index (χ2n) is 5.69. The summed E-state index contributed by atoms with van der Waals surface area (Å²) >= 11 is 0. The normalized spacial score (nSPS) is 31.4. The van der Waals surface area contributed by atoms with Crippen LogP contribution in [0.3, 0.4) is 0 Å². The first-order valence-corrected chi connectivity index (χ1v) is 6.29. The predicted octanol–water partition coefficient (Wildman–Crippen LogP) is 2.82. The lowest BCUT2D eigenvalue weighted by atomic mass is 9.64. The summed E-state index contributed by atoms with van der Waals surface area (Å²) in [6, 6.07) is 0. The number of carboxylic acid groups (broad SMARTS) is 1. The monoisotopic (exact) mass is 228 g/mol. The fourth-order valence-corrected chi connectivity index (χ4v) is 2.68. The highest BCUT2D eigenvalue weighted by molar-refractivity contribution is 5.75. The van der Waals surface area contributed by atoms with Gasteiger partial charge in [-0.3, -0.25) is 4.79 Å². The molecule has 1 fully saturated rings. The van der Waals surface area contributed by atoms with Crippen molar-refractivity contribution in [2.45, 2.75) is 64.9 Å². The van der Waals surface area contributed by atoms with Crippen LogP contribution in [0.15, 0.2) is 0 Å². The van der Waals surface area contributed by atoms with E-state index in [1.807, 2.05) is 0 Å². The van der Waals surface area contributed by atoms with Gasteiger partial charge >= 0.3 is 5.97 Å². The van der Waals surface area contributed by atoms with E-state index in [4.69, 9.17) is 5.11 Å². The third kappa shape index (κ3) is 2.40. The predicted molar refractivity (Wildman–Crippen MR) is 63.2 cm³/mol. The van der Waals surface area contributed by atoms with E-state index in [9.17, 15) is 9.90 Å². The third-order valence-corrected chi connectivity index (χ3v) is 4.33. The van der Waals surface area contributed by atoms with Crippen LogP contribution in [-0.2, 0) is 4.79 Å². The molecule has 0 heterocycles. The van der Waals surface area contributed by atoms with Gasteiger partial charge in [0.25, 0.3) is 0 Å². The van der Waals surface area contributed by atoms with Crippen molar-refractivity contribution in [1.82, 2.24) is 0 Å². The van der Waals surface area contributed by atoms with Crippen LogP contribution in [-0.4, -0.2) is 21.8 Å². The molecule has 0 bridgehead atoms. The fourth-order valence-electron chi connectivity index (χ4n) is 2.68. The van der Waals surface area contributed by atoms with Crippen LogP contribution in [0, 0.1) is 11.3 Å². The van der Waals surface area contributed by atoms with Crippen LogP contribution in [0.1, 0.15) is 59.3 Å². The molecule has 0 aliphatic heterocycles. The summed E-state index contributed by atoms with van der Waals surface area (Å²) < 4.78 is 0. The van der Waals surface area contributed by atoms with Crippen molar-refractivity contribution in [3.8, 4) is 0 Å². The van der Waals surface area contributed by atoms with E-state index in [0.717, 1.165) is 12.8 Å². The van der Waals surface area contributed by atoms with Crippen molar-refractivity contribution < 1.29 is 15.0 Å². The van der Waals surface area contributed by atoms with E-state index in [2.05, 4.69) is 6.92 Å². The van der Waals surface area contributed by atoms with E-state index in [1.165, 1.54) is 12.8 Å². The fraction of sp³-hybridized carbons (Fsp3) is 0.923. The van der Waals surface area contributed by atoms with Crippen molar-refractivity contribution in [2.24, 2.45) is 11.3 Å². The Morgan fingerprint density at radius 2 is 1.88 bits per heavy atom. The van der Waals surface area contributed by atoms with Gasteiger partial charge < -0.3 is 10.2 Å². The summed E-state index contributed by atoms with van der Waals surface area (Å²) in [7, 11) is 0. The molecule has 1 saturated carbocycles. The molecule has 0 radical (unpaired) electrons. The van der Waals surface area contributed by atoms with Crippen LogP contribution >= 0.6 is 0 Å². The minimum Gasteiger partial charge on any atom is -0.481 e. The van der Waals surface area contributed by atoms with E-state index in [-0.39, 0.29) is 0 Å². The molecule has 16 heavy (non-hydrogen) atoms. The number of hydrogen-bond acceptors (Lipinski definition) is 2. The topological polar surface area (TPSA) is 57.5 Å². The molecule has 1 aliphatic rings. The molecule has 0 amide bonds. The van der Waals surface area contributed by atoms with Crippen LogP contribution in [0.25, 0.3) is 0 Å². The number of carbonyl (C=O) groups is 1. The van der Waals surface area contributed by atoms with Gasteiger partial charge in [-0.15, -0.1) is 0 Å². The lowest BCUT2D eigenvalue weighted by Crippen LogP contribution is -2.51. The number of rotatable bonds is 4. The molecular weight excluding hydrogens is 204 g/mol. The Hall–Kier alpha value is -0.570. The second kappa shape index (κ2) is 4.74. The minimum absolute atomic E-state index is 0.622. The Kier molecular flexibility index (Phi) is 4.00. The van der Waals surface area contributed by atoms with E-state index < -0.39 is 17.0 Å². The SMILES string of the molecule is CCCC1CCC(O)(C(C)(C)C(=O)O)CC1. The van der Waals surface area contributed by atoms with Crippen molar-refractivity contribution in [2.75, 3.05) is 0 Å². The van der Waals surface area contributed by atoms with Gasteiger partial charge in [-0.05, 0) is 45.4 Å². The largest absolute Gasteiger partial charge is 0.481 e. The molecule has 94 valence electrons. The van der Waals surface area contributed by atoms with Gasteiger partial charge in [-0.2, -0.15) is 0 Å². The summed E-state index contributed by atoms with van der Waals surface area (Å²) in [4.78, 5) is 11.2. The van der Waals surface area contributed by atoms with Gasteiger partial charge in [-0.1, -0.05) is 19.8 Å². The Bertz CT molecular complexity index is 250. The van der Waals surface area contributed by atoms with Crippen LogP contribution in [0.5, 0.6) is 0 Å². The molecule has 0 unspecified atom stereocenters. The zero-order valence-electron chi connectivity index (χ0n) is 10.6. The molecular formula is C13H24O3. The van der Waals surface area contributed by atoms with Crippen molar-refractivity contribution in [3.05, 3.63) is 0 Å². The van der Waals surface area contributed by atoms with Gasteiger partial charge in [0, 0.05) is 0 Å². The Morgan fingerprint density at radius 1 is 1.38 bits per heavy atom. The van der Waals surface area contributed by atoms with Crippen LogP contribution < -0.4 is 0 Å². The maximum atomic E-state index is 11.2. The standard InChI is InChI=1S/C13H24O3/c1-4-5-10-6-8-13(16,9-7-10)12(2,3)11(14)15/h10,16H,4-9H2,1-3H3,(H,14,15). The molecule has 0 saturated heterocycles. The number of aliphatic carboxylic acids is 1. The van der Waals surface area contributed by atoms with Crippen molar-refractivity contribution in [1.29, 1.82) is 0 Å². The van der Waals surface area contributed by atoms with Gasteiger partial charge in [0.15, 0.2) is 0 Å². The minimum atomic E-state index is -1.04. The van der Waals surface area contributed by atoms with Crippen molar-refractivity contribution >= 4 is 5.97 Å². The number of carboxylic acids is 1. The van der Waals surface area contributed by atoms with Crippen LogP contribution in [0.2, 0.25) is 0 Å².